The van der Waals surface area contributed by atoms with Gasteiger partial charge >= 0.3 is 0 Å². The summed E-state index contributed by atoms with van der Waals surface area (Å²) in [6.07, 6.45) is 3.48. The Morgan fingerprint density at radius 2 is 2.04 bits per heavy atom. The highest BCUT2D eigenvalue weighted by molar-refractivity contribution is 7.19. The van der Waals surface area contributed by atoms with Crippen LogP contribution in [0.25, 0.3) is 10.2 Å². The van der Waals surface area contributed by atoms with Gasteiger partial charge in [0.05, 0.1) is 45.2 Å². The number of carbonyl (C=O) groups is 1. The third-order valence-corrected chi connectivity index (χ3v) is 6.55. The number of amides is 1. The van der Waals surface area contributed by atoms with E-state index in [-0.39, 0.29) is 5.91 Å². The highest BCUT2D eigenvalue weighted by atomic mass is 32.1. The van der Waals surface area contributed by atoms with Crippen LogP contribution >= 0.6 is 11.3 Å². The van der Waals surface area contributed by atoms with Gasteiger partial charge < -0.3 is 14.7 Å². The first-order valence-corrected chi connectivity index (χ1v) is 9.93. The van der Waals surface area contributed by atoms with E-state index in [1.165, 1.54) is 27.1 Å². The second-order valence-corrected chi connectivity index (χ2v) is 8.41. The van der Waals surface area contributed by atoms with Crippen LogP contribution < -0.4 is 9.80 Å². The summed E-state index contributed by atoms with van der Waals surface area (Å²) >= 11 is 1.80. The van der Waals surface area contributed by atoms with E-state index in [9.17, 15) is 4.79 Å². The predicted molar refractivity (Wildman–Crippen MR) is 101 cm³/mol. The van der Waals surface area contributed by atoms with Gasteiger partial charge in [0, 0.05) is 11.9 Å². The smallest absolute Gasteiger partial charge is 0.242 e. The van der Waals surface area contributed by atoms with Gasteiger partial charge in [-0.3, -0.25) is 4.79 Å². The summed E-state index contributed by atoms with van der Waals surface area (Å²) in [5.41, 5.74) is 1.41. The number of piperazine rings is 1. The van der Waals surface area contributed by atoms with Crippen molar-refractivity contribution in [3.8, 4) is 0 Å². The molecule has 3 heterocycles. The molecule has 1 aliphatic heterocycles. The largest absolute Gasteiger partial charge is 0.350 e. The van der Waals surface area contributed by atoms with E-state index in [1.807, 2.05) is 23.8 Å². The van der Waals surface area contributed by atoms with Crippen LogP contribution in [-0.2, 0) is 17.6 Å². The molecular weight excluding hydrogens is 334 g/mol. The molecule has 1 aliphatic carbocycles. The number of anilines is 1. The monoisotopic (exact) mass is 360 g/mol. The molecule has 1 amide bonds. The molecular formula is C18H26N5OS+. The highest BCUT2D eigenvalue weighted by Gasteiger charge is 2.26. The number of fused-ring (bicyclic) bond motifs is 3. The normalized spacial score (nSPS) is 18.0. The van der Waals surface area contributed by atoms with Crippen molar-refractivity contribution in [3.05, 3.63) is 16.3 Å². The zero-order chi connectivity index (χ0) is 17.6. The molecule has 2 aromatic heterocycles. The molecule has 1 saturated heterocycles. The number of carbonyl (C=O) groups excluding carboxylic acids is 1. The summed E-state index contributed by atoms with van der Waals surface area (Å²) in [7, 11) is 4.17. The summed E-state index contributed by atoms with van der Waals surface area (Å²) in [6.45, 7) is 6.09. The Kier molecular flexibility index (Phi) is 4.37. The number of nitrogens with one attached hydrogen (secondary N) is 1. The van der Waals surface area contributed by atoms with Crippen LogP contribution in [-0.4, -0.2) is 67.6 Å². The fraction of sp³-hybridized carbons (Fsp3) is 0.611. The number of rotatable bonds is 3. The molecule has 0 radical (unpaired) electrons. The number of likely N-dealkylation sites (N-methyl/N-ethyl adjacent to an activating group) is 2. The molecule has 4 rings (SSSR count). The molecule has 0 bridgehead atoms. The van der Waals surface area contributed by atoms with Crippen LogP contribution in [0.2, 0.25) is 0 Å². The Morgan fingerprint density at radius 1 is 1.28 bits per heavy atom. The lowest BCUT2D eigenvalue weighted by molar-refractivity contribution is -0.883. The zero-order valence-corrected chi connectivity index (χ0v) is 16.1. The fourth-order valence-electron chi connectivity index (χ4n) is 3.87. The minimum Gasteiger partial charge on any atom is -0.350 e. The number of nitrogens with zero attached hydrogens (tertiary/aromatic N) is 4. The maximum absolute atomic E-state index is 12.7. The second kappa shape index (κ2) is 6.53. The molecule has 134 valence electrons. The van der Waals surface area contributed by atoms with Gasteiger partial charge in [0.1, 0.15) is 16.5 Å². The summed E-state index contributed by atoms with van der Waals surface area (Å²) in [5, 5.41) is 1.18. The summed E-state index contributed by atoms with van der Waals surface area (Å²) < 4.78 is 0. The van der Waals surface area contributed by atoms with Gasteiger partial charge in [-0.1, -0.05) is 0 Å². The second-order valence-electron chi connectivity index (χ2n) is 7.33. The molecule has 0 saturated carbocycles. The predicted octanol–water partition coefficient (Wildman–Crippen LogP) is 0.282. The number of hydrogen-bond donors (Lipinski definition) is 1. The van der Waals surface area contributed by atoms with Crippen molar-refractivity contribution in [2.24, 2.45) is 0 Å². The SMILES string of the molecule is Cc1nc(N(C)CC(=O)N2CC[NH+](C)CC2)c2c3c(sc2n1)CCC3. The molecule has 0 unspecified atom stereocenters. The number of aryl methyl sites for hydroxylation is 3. The van der Waals surface area contributed by atoms with Crippen LogP contribution in [0.15, 0.2) is 0 Å². The topological polar surface area (TPSA) is 53.8 Å². The van der Waals surface area contributed by atoms with E-state index in [4.69, 9.17) is 4.98 Å². The summed E-state index contributed by atoms with van der Waals surface area (Å²) in [5.74, 6) is 1.91. The van der Waals surface area contributed by atoms with Gasteiger partial charge in [0.15, 0.2) is 0 Å². The molecule has 7 heteroatoms. The third kappa shape index (κ3) is 3.11. The molecule has 1 fully saturated rings. The molecule has 1 N–H and O–H groups in total. The molecule has 0 aromatic carbocycles. The lowest BCUT2D eigenvalue weighted by Crippen LogP contribution is -3.12. The maximum atomic E-state index is 12.7. The van der Waals surface area contributed by atoms with Crippen LogP contribution in [0.5, 0.6) is 0 Å². The van der Waals surface area contributed by atoms with Crippen molar-refractivity contribution < 1.29 is 9.69 Å². The standard InChI is InChI=1S/C18H25N5OS/c1-12-19-17(16-13-5-4-6-14(13)25-18(16)20-12)22(3)11-15(24)23-9-7-21(2)8-10-23/h4-11H2,1-3H3/p+1. The van der Waals surface area contributed by atoms with E-state index >= 15 is 0 Å². The number of hydrogen-bond acceptors (Lipinski definition) is 5. The van der Waals surface area contributed by atoms with Crippen molar-refractivity contribution in [1.82, 2.24) is 14.9 Å². The van der Waals surface area contributed by atoms with E-state index in [1.54, 1.807) is 11.3 Å². The zero-order valence-electron chi connectivity index (χ0n) is 15.3. The van der Waals surface area contributed by atoms with E-state index in [2.05, 4.69) is 12.0 Å². The van der Waals surface area contributed by atoms with Gasteiger partial charge in [0.2, 0.25) is 5.91 Å². The average molecular weight is 361 g/mol. The van der Waals surface area contributed by atoms with Crippen molar-refractivity contribution in [2.45, 2.75) is 26.2 Å². The van der Waals surface area contributed by atoms with Crippen molar-refractivity contribution in [2.75, 3.05) is 51.7 Å². The maximum Gasteiger partial charge on any atom is 0.242 e. The molecule has 0 atom stereocenters. The summed E-state index contributed by atoms with van der Waals surface area (Å²) in [6, 6.07) is 0. The Hall–Kier alpha value is -1.73. The molecule has 2 aromatic rings. The Balaban J connectivity index is 1.59. The van der Waals surface area contributed by atoms with Crippen LogP contribution in [0.4, 0.5) is 5.82 Å². The lowest BCUT2D eigenvalue weighted by atomic mass is 10.2. The minimum atomic E-state index is 0.200. The van der Waals surface area contributed by atoms with Crippen molar-refractivity contribution >= 4 is 33.3 Å². The van der Waals surface area contributed by atoms with Gasteiger partial charge in [-0.05, 0) is 31.7 Å². The van der Waals surface area contributed by atoms with Crippen molar-refractivity contribution in [1.29, 1.82) is 0 Å². The van der Waals surface area contributed by atoms with Crippen LogP contribution in [0, 0.1) is 6.92 Å². The van der Waals surface area contributed by atoms with Gasteiger partial charge in [-0.25, -0.2) is 9.97 Å². The lowest BCUT2D eigenvalue weighted by Gasteiger charge is -2.31. The Labute approximate surface area is 152 Å². The molecule has 25 heavy (non-hydrogen) atoms. The Morgan fingerprint density at radius 3 is 2.80 bits per heavy atom. The number of thiophene rings is 1. The van der Waals surface area contributed by atoms with Crippen LogP contribution in [0.3, 0.4) is 0 Å². The minimum absolute atomic E-state index is 0.200. The first kappa shape index (κ1) is 16.7. The third-order valence-electron chi connectivity index (χ3n) is 5.36. The highest BCUT2D eigenvalue weighted by Crippen LogP contribution is 2.40. The van der Waals surface area contributed by atoms with Crippen molar-refractivity contribution in [3.63, 3.8) is 0 Å². The van der Waals surface area contributed by atoms with E-state index < -0.39 is 0 Å². The average Bonchev–Trinajstić information content (AvgIpc) is 3.15. The van der Waals surface area contributed by atoms with Gasteiger partial charge in [-0.2, -0.15) is 0 Å². The van der Waals surface area contributed by atoms with E-state index in [0.717, 1.165) is 55.5 Å². The Bertz CT molecular complexity index is 809. The van der Waals surface area contributed by atoms with Crippen LogP contribution in [0.1, 0.15) is 22.7 Å². The quantitative estimate of drug-likeness (QED) is 0.854. The van der Waals surface area contributed by atoms with Gasteiger partial charge in [0.25, 0.3) is 0 Å². The molecule has 2 aliphatic rings. The first-order chi connectivity index (χ1) is 12.0. The first-order valence-electron chi connectivity index (χ1n) is 9.12. The van der Waals surface area contributed by atoms with Gasteiger partial charge in [-0.15, -0.1) is 11.3 Å². The van der Waals surface area contributed by atoms with E-state index in [0.29, 0.717) is 6.54 Å². The summed E-state index contributed by atoms with van der Waals surface area (Å²) in [4.78, 5) is 30.1. The number of quaternary nitrogens is 1. The fourth-order valence-corrected chi connectivity index (χ4v) is 5.17. The number of aromatic nitrogens is 2. The molecule has 0 spiro atoms. The molecule has 6 nitrogen and oxygen atoms in total.